The molecule has 0 N–H and O–H groups in total. The number of carbonyl (C=O) groups is 1. The summed E-state index contributed by atoms with van der Waals surface area (Å²) in [6.45, 7) is 7.99. The van der Waals surface area contributed by atoms with E-state index in [1.807, 2.05) is 27.7 Å². The lowest BCUT2D eigenvalue weighted by molar-refractivity contribution is -0.145. The predicted molar refractivity (Wildman–Crippen MR) is 65.6 cm³/mol. The molecule has 4 nitrogen and oxygen atoms in total. The van der Waals surface area contributed by atoms with Crippen molar-refractivity contribution in [2.24, 2.45) is 0 Å². The minimum Gasteiger partial charge on any atom is -0.459 e. The third-order valence-electron chi connectivity index (χ3n) is 2.68. The Balaban J connectivity index is 2.57. The van der Waals surface area contributed by atoms with Crippen LogP contribution in [0.15, 0.2) is 0 Å². The van der Waals surface area contributed by atoms with Gasteiger partial charge in [0.1, 0.15) is 6.61 Å². The average Bonchev–Trinajstić information content (AvgIpc) is 2.29. The zero-order valence-electron chi connectivity index (χ0n) is 11.0. The van der Waals surface area contributed by atoms with Crippen molar-refractivity contribution in [2.45, 2.75) is 53.6 Å². The highest BCUT2D eigenvalue weighted by atomic mass is 16.5. The second kappa shape index (κ2) is 6.33. The van der Waals surface area contributed by atoms with E-state index in [2.05, 4.69) is 9.97 Å². The first-order chi connectivity index (χ1) is 8.04. The molecule has 0 aromatic carbocycles. The van der Waals surface area contributed by atoms with E-state index in [1.54, 1.807) is 0 Å². The Hall–Kier alpha value is -1.45. The minimum atomic E-state index is -0.161. The summed E-state index contributed by atoms with van der Waals surface area (Å²) in [7, 11) is 0. The van der Waals surface area contributed by atoms with E-state index in [9.17, 15) is 4.79 Å². The fraction of sp³-hybridized carbons (Fsp3) is 0.615. The fourth-order valence-corrected chi connectivity index (χ4v) is 1.44. The van der Waals surface area contributed by atoms with Crippen LogP contribution in [0.3, 0.4) is 0 Å². The summed E-state index contributed by atoms with van der Waals surface area (Å²) >= 11 is 0. The molecule has 0 saturated carbocycles. The van der Waals surface area contributed by atoms with Gasteiger partial charge in [-0.25, -0.2) is 0 Å². The molecule has 0 radical (unpaired) electrons. The number of hydrogen-bond acceptors (Lipinski definition) is 4. The fourth-order valence-electron chi connectivity index (χ4n) is 1.44. The Kier molecular flexibility index (Phi) is 5.07. The number of hydrogen-bond donors (Lipinski definition) is 0. The van der Waals surface area contributed by atoms with Crippen LogP contribution < -0.4 is 0 Å². The minimum absolute atomic E-state index is 0.161. The highest BCUT2D eigenvalue weighted by Crippen LogP contribution is 2.09. The van der Waals surface area contributed by atoms with Crippen LogP contribution in [0.2, 0.25) is 0 Å². The lowest BCUT2D eigenvalue weighted by Gasteiger charge is -2.08. The summed E-state index contributed by atoms with van der Waals surface area (Å²) in [5.74, 6) is -0.161. The van der Waals surface area contributed by atoms with Crippen LogP contribution in [0.4, 0.5) is 0 Å². The lowest BCUT2D eigenvalue weighted by Crippen LogP contribution is -2.09. The van der Waals surface area contributed by atoms with Crippen LogP contribution >= 0.6 is 0 Å². The van der Waals surface area contributed by atoms with Gasteiger partial charge in [-0.1, -0.05) is 13.3 Å². The van der Waals surface area contributed by atoms with Gasteiger partial charge in [0.15, 0.2) is 0 Å². The third kappa shape index (κ3) is 4.13. The van der Waals surface area contributed by atoms with Crippen molar-refractivity contribution in [2.75, 3.05) is 0 Å². The van der Waals surface area contributed by atoms with E-state index in [-0.39, 0.29) is 12.6 Å². The maximum absolute atomic E-state index is 11.4. The number of rotatable bonds is 5. The maximum atomic E-state index is 11.4. The maximum Gasteiger partial charge on any atom is 0.306 e. The van der Waals surface area contributed by atoms with Crippen molar-refractivity contribution in [3.63, 3.8) is 0 Å². The van der Waals surface area contributed by atoms with Gasteiger partial charge in [0.2, 0.25) is 0 Å². The van der Waals surface area contributed by atoms with Crippen LogP contribution in [0, 0.1) is 20.8 Å². The largest absolute Gasteiger partial charge is 0.459 e. The molecule has 0 spiro atoms. The summed E-state index contributed by atoms with van der Waals surface area (Å²) in [4.78, 5) is 20.1. The molecule has 1 rings (SSSR count). The van der Waals surface area contributed by atoms with Gasteiger partial charge in [-0.3, -0.25) is 14.8 Å². The highest BCUT2D eigenvalue weighted by molar-refractivity contribution is 5.69. The van der Waals surface area contributed by atoms with Gasteiger partial charge in [-0.15, -0.1) is 0 Å². The number of esters is 1. The van der Waals surface area contributed by atoms with E-state index >= 15 is 0 Å². The molecule has 0 atom stereocenters. The molecular formula is C13H20N2O2. The molecule has 0 aliphatic rings. The second-order valence-electron chi connectivity index (χ2n) is 4.19. The Labute approximate surface area is 102 Å². The number of aromatic nitrogens is 2. The van der Waals surface area contributed by atoms with Crippen molar-refractivity contribution < 1.29 is 9.53 Å². The van der Waals surface area contributed by atoms with Crippen LogP contribution in [0.25, 0.3) is 0 Å². The van der Waals surface area contributed by atoms with Crippen molar-refractivity contribution >= 4 is 5.97 Å². The van der Waals surface area contributed by atoms with Gasteiger partial charge in [-0.05, 0) is 27.2 Å². The third-order valence-corrected chi connectivity index (χ3v) is 2.68. The van der Waals surface area contributed by atoms with Crippen LogP contribution in [-0.4, -0.2) is 15.9 Å². The molecule has 1 aromatic heterocycles. The molecule has 4 heteroatoms. The van der Waals surface area contributed by atoms with E-state index in [0.717, 1.165) is 35.6 Å². The first-order valence-electron chi connectivity index (χ1n) is 6.01. The van der Waals surface area contributed by atoms with Gasteiger partial charge >= 0.3 is 5.97 Å². The number of nitrogens with zero attached hydrogens (tertiary/aromatic N) is 2. The zero-order valence-corrected chi connectivity index (χ0v) is 11.0. The molecule has 1 aromatic rings. The van der Waals surface area contributed by atoms with Gasteiger partial charge in [0.25, 0.3) is 0 Å². The summed E-state index contributed by atoms with van der Waals surface area (Å²) in [5.41, 5.74) is 3.38. The van der Waals surface area contributed by atoms with Gasteiger partial charge in [-0.2, -0.15) is 0 Å². The Morgan fingerprint density at radius 1 is 1.12 bits per heavy atom. The number of carbonyl (C=O) groups excluding carboxylic acids is 1. The normalized spacial score (nSPS) is 10.4. The topological polar surface area (TPSA) is 52.1 Å². The Morgan fingerprint density at radius 2 is 1.76 bits per heavy atom. The first kappa shape index (κ1) is 13.6. The van der Waals surface area contributed by atoms with Crippen molar-refractivity contribution in [1.82, 2.24) is 9.97 Å². The Morgan fingerprint density at radius 3 is 2.41 bits per heavy atom. The molecule has 0 saturated heterocycles. The van der Waals surface area contributed by atoms with Gasteiger partial charge in [0, 0.05) is 6.42 Å². The van der Waals surface area contributed by atoms with Crippen molar-refractivity contribution in [1.29, 1.82) is 0 Å². The standard InChI is InChI=1S/C13H20N2O2/c1-5-6-7-13(16)17-8-12-11(4)14-9(2)10(3)15-12/h5-8H2,1-4H3. The van der Waals surface area contributed by atoms with Gasteiger partial charge in [0.05, 0.1) is 22.8 Å². The summed E-state index contributed by atoms with van der Waals surface area (Å²) in [5, 5.41) is 0. The first-order valence-corrected chi connectivity index (χ1v) is 6.01. The van der Waals surface area contributed by atoms with E-state index in [0.29, 0.717) is 6.42 Å². The lowest BCUT2D eigenvalue weighted by atomic mass is 10.2. The average molecular weight is 236 g/mol. The van der Waals surface area contributed by atoms with Crippen molar-refractivity contribution in [3.8, 4) is 0 Å². The van der Waals surface area contributed by atoms with Crippen molar-refractivity contribution in [3.05, 3.63) is 22.8 Å². The smallest absolute Gasteiger partial charge is 0.306 e. The second-order valence-corrected chi connectivity index (χ2v) is 4.19. The number of ether oxygens (including phenoxy) is 1. The summed E-state index contributed by atoms with van der Waals surface area (Å²) in [6.07, 6.45) is 2.35. The molecule has 0 amide bonds. The molecule has 0 aliphatic carbocycles. The molecule has 0 fully saturated rings. The Bertz CT molecular complexity index is 403. The van der Waals surface area contributed by atoms with E-state index < -0.39 is 0 Å². The predicted octanol–water partition coefficient (Wildman–Crippen LogP) is 2.64. The molecule has 0 unspecified atom stereocenters. The highest BCUT2D eigenvalue weighted by Gasteiger charge is 2.08. The molecule has 17 heavy (non-hydrogen) atoms. The van der Waals surface area contributed by atoms with Crippen LogP contribution in [0.1, 0.15) is 49.0 Å². The molecule has 1 heterocycles. The zero-order chi connectivity index (χ0) is 12.8. The number of aryl methyl sites for hydroxylation is 3. The number of unbranched alkanes of at least 4 members (excludes halogenated alkanes) is 1. The SMILES string of the molecule is CCCCC(=O)OCc1nc(C)c(C)nc1C. The van der Waals surface area contributed by atoms with Crippen LogP contribution in [-0.2, 0) is 16.1 Å². The van der Waals surface area contributed by atoms with Gasteiger partial charge < -0.3 is 4.74 Å². The summed E-state index contributed by atoms with van der Waals surface area (Å²) in [6, 6.07) is 0. The van der Waals surface area contributed by atoms with E-state index in [4.69, 9.17) is 4.74 Å². The molecule has 0 aliphatic heterocycles. The monoisotopic (exact) mass is 236 g/mol. The quantitative estimate of drug-likeness (QED) is 0.737. The molecule has 0 bridgehead atoms. The van der Waals surface area contributed by atoms with E-state index in [1.165, 1.54) is 0 Å². The summed E-state index contributed by atoms with van der Waals surface area (Å²) < 4.78 is 5.16. The van der Waals surface area contributed by atoms with Crippen LogP contribution in [0.5, 0.6) is 0 Å². The molecule has 94 valence electrons. The molecular weight excluding hydrogens is 216 g/mol.